The molecule has 1 aromatic rings. The highest BCUT2D eigenvalue weighted by Crippen LogP contribution is 2.27. The van der Waals surface area contributed by atoms with Gasteiger partial charge in [-0.2, -0.15) is 0 Å². The van der Waals surface area contributed by atoms with Crippen LogP contribution in [-0.4, -0.2) is 4.98 Å². The lowest BCUT2D eigenvalue weighted by Crippen LogP contribution is -1.71. The summed E-state index contributed by atoms with van der Waals surface area (Å²) in [6.07, 6.45) is 1.05. The summed E-state index contributed by atoms with van der Waals surface area (Å²) < 4.78 is 1.92. The van der Waals surface area contributed by atoms with Crippen LogP contribution >= 0.6 is 43.2 Å². The summed E-state index contributed by atoms with van der Waals surface area (Å²) in [7, 11) is 0. The SMILES string of the molecule is CCc1sc(Br)nc1Br. The number of hydrogen-bond acceptors (Lipinski definition) is 2. The number of rotatable bonds is 1. The molecule has 1 nitrogen and oxygen atoms in total. The first-order chi connectivity index (χ1) is 4.24. The molecule has 0 amide bonds. The van der Waals surface area contributed by atoms with Gasteiger partial charge in [0, 0.05) is 4.88 Å². The Kier molecular flexibility index (Phi) is 2.67. The number of thiazole rings is 1. The molecule has 9 heavy (non-hydrogen) atoms. The molecule has 0 aliphatic heterocycles. The minimum absolute atomic E-state index is 0.950. The van der Waals surface area contributed by atoms with Gasteiger partial charge in [-0.05, 0) is 38.3 Å². The Morgan fingerprint density at radius 1 is 1.56 bits per heavy atom. The maximum absolute atomic E-state index is 4.13. The first-order valence-electron chi connectivity index (χ1n) is 2.54. The predicted octanol–water partition coefficient (Wildman–Crippen LogP) is 3.23. The molecule has 0 saturated carbocycles. The first-order valence-corrected chi connectivity index (χ1v) is 4.95. The Hall–Kier alpha value is 0.590. The van der Waals surface area contributed by atoms with Gasteiger partial charge in [-0.15, -0.1) is 11.3 Å². The molecule has 1 aromatic heterocycles. The fourth-order valence-electron chi connectivity index (χ4n) is 0.524. The van der Waals surface area contributed by atoms with Crippen molar-refractivity contribution >= 4 is 43.2 Å². The number of halogens is 2. The largest absolute Gasteiger partial charge is 0.222 e. The third-order valence-corrected chi connectivity index (χ3v) is 3.51. The second-order valence-corrected chi connectivity index (χ2v) is 4.65. The topological polar surface area (TPSA) is 12.9 Å². The lowest BCUT2D eigenvalue weighted by molar-refractivity contribution is 1.14. The van der Waals surface area contributed by atoms with E-state index in [0.29, 0.717) is 0 Å². The zero-order valence-corrected chi connectivity index (χ0v) is 8.81. The number of nitrogens with zero attached hydrogens (tertiary/aromatic N) is 1. The molecule has 4 heteroatoms. The van der Waals surface area contributed by atoms with Crippen LogP contribution in [0.5, 0.6) is 0 Å². The van der Waals surface area contributed by atoms with Crippen molar-refractivity contribution < 1.29 is 0 Å². The van der Waals surface area contributed by atoms with Crippen LogP contribution in [0.2, 0.25) is 0 Å². The van der Waals surface area contributed by atoms with E-state index in [-0.39, 0.29) is 0 Å². The van der Waals surface area contributed by atoms with Gasteiger partial charge in [0.1, 0.15) is 4.60 Å². The van der Waals surface area contributed by atoms with E-state index in [9.17, 15) is 0 Å². The molecular weight excluding hydrogens is 266 g/mol. The molecule has 0 bridgehead atoms. The van der Waals surface area contributed by atoms with Gasteiger partial charge in [0.25, 0.3) is 0 Å². The van der Waals surface area contributed by atoms with Crippen LogP contribution in [0.4, 0.5) is 0 Å². The summed E-state index contributed by atoms with van der Waals surface area (Å²) in [5.74, 6) is 0. The fourth-order valence-corrected chi connectivity index (χ4v) is 2.96. The van der Waals surface area contributed by atoms with Crippen molar-refractivity contribution in [3.63, 3.8) is 0 Å². The van der Waals surface area contributed by atoms with E-state index in [1.807, 2.05) is 0 Å². The van der Waals surface area contributed by atoms with Crippen molar-refractivity contribution in [1.29, 1.82) is 0 Å². The molecule has 0 aliphatic carbocycles. The Bertz CT molecular complexity index is 209. The van der Waals surface area contributed by atoms with Gasteiger partial charge < -0.3 is 0 Å². The van der Waals surface area contributed by atoms with E-state index in [0.717, 1.165) is 14.9 Å². The molecule has 1 heterocycles. The summed E-state index contributed by atoms with van der Waals surface area (Å²) in [5.41, 5.74) is 0. The quantitative estimate of drug-likeness (QED) is 0.764. The van der Waals surface area contributed by atoms with Gasteiger partial charge in [-0.1, -0.05) is 6.92 Å². The normalized spacial score (nSPS) is 10.1. The molecule has 0 atom stereocenters. The number of aryl methyl sites for hydroxylation is 1. The first kappa shape index (κ1) is 7.69. The highest BCUT2D eigenvalue weighted by Gasteiger charge is 2.02. The second-order valence-electron chi connectivity index (χ2n) is 1.53. The Morgan fingerprint density at radius 2 is 2.22 bits per heavy atom. The monoisotopic (exact) mass is 269 g/mol. The molecule has 0 fully saturated rings. The molecule has 0 N–H and O–H groups in total. The van der Waals surface area contributed by atoms with Crippen molar-refractivity contribution in [2.24, 2.45) is 0 Å². The van der Waals surface area contributed by atoms with Crippen molar-refractivity contribution in [2.45, 2.75) is 13.3 Å². The van der Waals surface area contributed by atoms with E-state index in [2.05, 4.69) is 43.8 Å². The van der Waals surface area contributed by atoms with Crippen LogP contribution in [0.25, 0.3) is 0 Å². The molecule has 50 valence electrons. The van der Waals surface area contributed by atoms with E-state index in [4.69, 9.17) is 0 Å². The zero-order valence-electron chi connectivity index (χ0n) is 4.82. The highest BCUT2D eigenvalue weighted by atomic mass is 79.9. The molecule has 0 saturated heterocycles. The Morgan fingerprint density at radius 3 is 2.44 bits per heavy atom. The summed E-state index contributed by atoms with van der Waals surface area (Å²) in [4.78, 5) is 5.43. The van der Waals surface area contributed by atoms with Gasteiger partial charge in [0.15, 0.2) is 3.92 Å². The molecule has 0 unspecified atom stereocenters. The van der Waals surface area contributed by atoms with Crippen molar-refractivity contribution in [2.75, 3.05) is 0 Å². The maximum atomic E-state index is 4.13. The maximum Gasteiger partial charge on any atom is 0.160 e. The molecule has 0 aromatic carbocycles. The Balaban J connectivity index is 3.01. The molecule has 0 radical (unpaired) electrons. The van der Waals surface area contributed by atoms with E-state index in [1.165, 1.54) is 4.88 Å². The number of aromatic nitrogens is 1. The highest BCUT2D eigenvalue weighted by molar-refractivity contribution is 9.11. The zero-order chi connectivity index (χ0) is 6.85. The lowest BCUT2D eigenvalue weighted by atomic mass is 10.4. The average Bonchev–Trinajstić information content (AvgIpc) is 2.10. The third kappa shape index (κ3) is 1.75. The summed E-state index contributed by atoms with van der Waals surface area (Å²) >= 11 is 8.32. The van der Waals surface area contributed by atoms with E-state index >= 15 is 0 Å². The van der Waals surface area contributed by atoms with Gasteiger partial charge in [-0.25, -0.2) is 4.98 Å². The number of hydrogen-bond donors (Lipinski definition) is 0. The second kappa shape index (κ2) is 3.12. The minimum Gasteiger partial charge on any atom is -0.222 e. The molecule has 1 rings (SSSR count). The van der Waals surface area contributed by atoms with Crippen LogP contribution < -0.4 is 0 Å². The van der Waals surface area contributed by atoms with Crippen LogP contribution in [0, 0.1) is 0 Å². The van der Waals surface area contributed by atoms with Crippen LogP contribution in [-0.2, 0) is 6.42 Å². The fraction of sp³-hybridized carbons (Fsp3) is 0.400. The van der Waals surface area contributed by atoms with Crippen molar-refractivity contribution in [1.82, 2.24) is 4.98 Å². The van der Waals surface area contributed by atoms with E-state index < -0.39 is 0 Å². The summed E-state index contributed by atoms with van der Waals surface area (Å²) in [6, 6.07) is 0. The molecular formula is C5H5Br2NS. The van der Waals surface area contributed by atoms with Crippen LogP contribution in [0.15, 0.2) is 8.52 Å². The van der Waals surface area contributed by atoms with Gasteiger partial charge in [0.2, 0.25) is 0 Å². The van der Waals surface area contributed by atoms with Crippen molar-refractivity contribution in [3.05, 3.63) is 13.4 Å². The smallest absolute Gasteiger partial charge is 0.160 e. The van der Waals surface area contributed by atoms with Gasteiger partial charge in [0.05, 0.1) is 0 Å². The van der Waals surface area contributed by atoms with E-state index in [1.54, 1.807) is 11.3 Å². The minimum atomic E-state index is 0.950. The summed E-state index contributed by atoms with van der Waals surface area (Å²) in [6.45, 7) is 2.12. The average molecular weight is 271 g/mol. The molecule has 0 spiro atoms. The predicted molar refractivity (Wildman–Crippen MR) is 46.9 cm³/mol. The Labute approximate surface area is 74.8 Å². The van der Waals surface area contributed by atoms with Crippen LogP contribution in [0.1, 0.15) is 11.8 Å². The van der Waals surface area contributed by atoms with Gasteiger partial charge in [-0.3, -0.25) is 0 Å². The molecule has 0 aliphatic rings. The van der Waals surface area contributed by atoms with Crippen LogP contribution in [0.3, 0.4) is 0 Å². The van der Waals surface area contributed by atoms with Gasteiger partial charge >= 0.3 is 0 Å². The third-order valence-electron chi connectivity index (χ3n) is 0.945. The standard InChI is InChI=1S/C5H5Br2NS/c1-2-3-4(6)8-5(7)9-3/h2H2,1H3. The van der Waals surface area contributed by atoms with Crippen molar-refractivity contribution in [3.8, 4) is 0 Å². The lowest BCUT2D eigenvalue weighted by Gasteiger charge is -1.83. The summed E-state index contributed by atoms with van der Waals surface area (Å²) in [5, 5.41) is 0.